The Morgan fingerprint density at radius 2 is 2.30 bits per heavy atom. The topological polar surface area (TPSA) is 75.5 Å². The maximum absolute atomic E-state index is 12.3. The summed E-state index contributed by atoms with van der Waals surface area (Å²) in [5.41, 5.74) is 0.445. The lowest BCUT2D eigenvalue weighted by atomic mass is 9.93. The highest BCUT2D eigenvalue weighted by molar-refractivity contribution is 7.13. The fraction of sp³-hybridized carbons (Fsp3) is 0.583. The molecule has 3 heterocycles. The van der Waals surface area contributed by atoms with Crippen LogP contribution in [0.15, 0.2) is 11.4 Å². The van der Waals surface area contributed by atoms with Crippen molar-refractivity contribution >= 4 is 34.7 Å². The molecule has 1 N–H and O–H groups in total. The van der Waals surface area contributed by atoms with E-state index >= 15 is 0 Å². The Hall–Kier alpha value is -1.18. The van der Waals surface area contributed by atoms with E-state index in [2.05, 4.69) is 5.32 Å². The summed E-state index contributed by atoms with van der Waals surface area (Å²) in [4.78, 5) is 24.3. The molecule has 2 atom stereocenters. The largest absolute Gasteiger partial charge is 0.338 e. The van der Waals surface area contributed by atoms with Gasteiger partial charge in [-0.2, -0.15) is 0 Å². The number of nitro groups is 1. The number of thiophene rings is 1. The lowest BCUT2D eigenvalue weighted by Gasteiger charge is -2.34. The summed E-state index contributed by atoms with van der Waals surface area (Å²) in [5.74, 6) is 0.459. The molecule has 110 valence electrons. The summed E-state index contributed by atoms with van der Waals surface area (Å²) < 4.78 is 0. The molecule has 2 fully saturated rings. The molecule has 1 aromatic heterocycles. The van der Waals surface area contributed by atoms with Crippen LogP contribution in [0.2, 0.25) is 0 Å². The molecule has 1 amide bonds. The number of piperidine rings is 1. The molecular formula is C12H16ClN3O3S. The van der Waals surface area contributed by atoms with E-state index in [1.165, 1.54) is 6.07 Å². The molecule has 8 heteroatoms. The van der Waals surface area contributed by atoms with Gasteiger partial charge in [0, 0.05) is 30.6 Å². The van der Waals surface area contributed by atoms with Crippen LogP contribution in [0.1, 0.15) is 23.2 Å². The molecule has 0 spiro atoms. The second kappa shape index (κ2) is 6.07. The van der Waals surface area contributed by atoms with Gasteiger partial charge in [0.05, 0.1) is 10.5 Å². The maximum Gasteiger partial charge on any atom is 0.324 e. The number of carbonyl (C=O) groups excluding carboxylic acids is 1. The van der Waals surface area contributed by atoms with Crippen LogP contribution in [-0.2, 0) is 0 Å². The normalized spacial score (nSPS) is 24.9. The van der Waals surface area contributed by atoms with Crippen molar-refractivity contribution in [1.29, 1.82) is 0 Å². The smallest absolute Gasteiger partial charge is 0.324 e. The van der Waals surface area contributed by atoms with Crippen LogP contribution >= 0.6 is 23.7 Å². The van der Waals surface area contributed by atoms with Gasteiger partial charge in [0.1, 0.15) is 0 Å². The Labute approximate surface area is 126 Å². The lowest BCUT2D eigenvalue weighted by molar-refractivity contribution is -0.380. The molecule has 20 heavy (non-hydrogen) atoms. The predicted molar refractivity (Wildman–Crippen MR) is 78.6 cm³/mol. The molecule has 2 aliphatic rings. The van der Waals surface area contributed by atoms with Crippen LogP contribution in [0.4, 0.5) is 5.00 Å². The molecular weight excluding hydrogens is 302 g/mol. The zero-order chi connectivity index (χ0) is 13.4. The quantitative estimate of drug-likeness (QED) is 0.667. The summed E-state index contributed by atoms with van der Waals surface area (Å²) in [6.07, 6.45) is 2.08. The highest BCUT2D eigenvalue weighted by atomic mass is 35.5. The Morgan fingerprint density at radius 3 is 3.00 bits per heavy atom. The highest BCUT2D eigenvalue weighted by Crippen LogP contribution is 2.28. The van der Waals surface area contributed by atoms with Crippen molar-refractivity contribution in [2.75, 3.05) is 19.6 Å². The molecule has 2 saturated heterocycles. The summed E-state index contributed by atoms with van der Waals surface area (Å²) in [6.45, 7) is 2.53. The van der Waals surface area contributed by atoms with E-state index in [9.17, 15) is 14.9 Å². The van der Waals surface area contributed by atoms with Crippen molar-refractivity contribution < 1.29 is 9.72 Å². The third-order valence-electron chi connectivity index (χ3n) is 3.96. The molecule has 2 unspecified atom stereocenters. The molecule has 2 aliphatic heterocycles. The minimum absolute atomic E-state index is 0. The SMILES string of the molecule is Cl.O=C(c1csc([N+](=O)[O-])c1)N1CCC2NCCC2C1. The molecule has 0 bridgehead atoms. The number of rotatable bonds is 2. The van der Waals surface area contributed by atoms with Crippen LogP contribution < -0.4 is 5.32 Å². The summed E-state index contributed by atoms with van der Waals surface area (Å²) in [6, 6.07) is 1.92. The standard InChI is InChI=1S/C12H15N3O3S.ClH/c16-12(9-5-11(15(17)18)19-7-9)14-4-2-10-8(6-14)1-3-13-10;/h5,7-8,10,13H,1-4,6H2;1H. The van der Waals surface area contributed by atoms with Gasteiger partial charge < -0.3 is 10.2 Å². The van der Waals surface area contributed by atoms with Gasteiger partial charge in [0.25, 0.3) is 5.91 Å². The number of hydrogen-bond donors (Lipinski definition) is 1. The summed E-state index contributed by atoms with van der Waals surface area (Å²) in [7, 11) is 0. The van der Waals surface area contributed by atoms with Gasteiger partial charge in [-0.1, -0.05) is 11.3 Å². The van der Waals surface area contributed by atoms with Crippen LogP contribution in [0.5, 0.6) is 0 Å². The van der Waals surface area contributed by atoms with Gasteiger partial charge >= 0.3 is 5.00 Å². The van der Waals surface area contributed by atoms with Crippen molar-refractivity contribution in [1.82, 2.24) is 10.2 Å². The molecule has 1 aromatic rings. The monoisotopic (exact) mass is 317 g/mol. The van der Waals surface area contributed by atoms with Gasteiger partial charge in [-0.05, 0) is 25.3 Å². The average Bonchev–Trinajstić information content (AvgIpc) is 3.06. The van der Waals surface area contributed by atoms with E-state index < -0.39 is 4.92 Å². The van der Waals surface area contributed by atoms with Gasteiger partial charge in [0.15, 0.2) is 0 Å². The molecule has 6 nitrogen and oxygen atoms in total. The third-order valence-corrected chi connectivity index (χ3v) is 4.84. The van der Waals surface area contributed by atoms with Crippen molar-refractivity contribution in [3.8, 4) is 0 Å². The van der Waals surface area contributed by atoms with Crippen LogP contribution in [0.25, 0.3) is 0 Å². The first-order valence-corrected chi connectivity index (χ1v) is 7.28. The Morgan fingerprint density at radius 1 is 1.50 bits per heavy atom. The molecule has 0 aliphatic carbocycles. The minimum atomic E-state index is -0.450. The van der Waals surface area contributed by atoms with E-state index in [0.717, 1.165) is 43.8 Å². The zero-order valence-corrected chi connectivity index (χ0v) is 12.4. The number of carbonyl (C=O) groups is 1. The molecule has 0 radical (unpaired) electrons. The van der Waals surface area contributed by atoms with Crippen molar-refractivity contribution in [2.45, 2.75) is 18.9 Å². The summed E-state index contributed by atoms with van der Waals surface area (Å²) >= 11 is 1.01. The predicted octanol–water partition coefficient (Wildman–Crippen LogP) is 1.90. The van der Waals surface area contributed by atoms with Gasteiger partial charge in [-0.15, -0.1) is 12.4 Å². The van der Waals surface area contributed by atoms with Crippen LogP contribution in [-0.4, -0.2) is 41.4 Å². The first-order valence-electron chi connectivity index (χ1n) is 6.41. The number of nitrogens with zero attached hydrogens (tertiary/aromatic N) is 2. The number of amides is 1. The van der Waals surface area contributed by atoms with Crippen LogP contribution in [0, 0.1) is 16.0 Å². The van der Waals surface area contributed by atoms with Gasteiger partial charge in [-0.3, -0.25) is 14.9 Å². The second-order valence-electron chi connectivity index (χ2n) is 5.08. The number of halogens is 1. The Balaban J connectivity index is 0.00000147. The minimum Gasteiger partial charge on any atom is -0.338 e. The molecule has 3 rings (SSSR count). The molecule has 0 saturated carbocycles. The van der Waals surface area contributed by atoms with Crippen molar-refractivity contribution in [3.63, 3.8) is 0 Å². The maximum atomic E-state index is 12.3. The first-order chi connectivity index (χ1) is 9.15. The van der Waals surface area contributed by atoms with E-state index in [-0.39, 0.29) is 23.3 Å². The van der Waals surface area contributed by atoms with E-state index in [1.54, 1.807) is 5.38 Å². The Bertz CT molecular complexity index is 522. The zero-order valence-electron chi connectivity index (χ0n) is 10.8. The Kier molecular flexibility index (Phi) is 4.62. The number of nitrogens with one attached hydrogen (secondary N) is 1. The van der Waals surface area contributed by atoms with Gasteiger partial charge in [0.2, 0.25) is 0 Å². The third kappa shape index (κ3) is 2.79. The first kappa shape index (κ1) is 15.2. The fourth-order valence-electron chi connectivity index (χ4n) is 2.95. The summed E-state index contributed by atoms with van der Waals surface area (Å²) in [5, 5.41) is 15.7. The van der Waals surface area contributed by atoms with E-state index in [4.69, 9.17) is 0 Å². The van der Waals surface area contributed by atoms with Crippen LogP contribution in [0.3, 0.4) is 0 Å². The second-order valence-corrected chi connectivity index (χ2v) is 5.97. The van der Waals surface area contributed by atoms with E-state index in [0.29, 0.717) is 17.5 Å². The lowest BCUT2D eigenvalue weighted by Crippen LogP contribution is -2.46. The number of hydrogen-bond acceptors (Lipinski definition) is 5. The van der Waals surface area contributed by atoms with E-state index in [1.807, 2.05) is 4.90 Å². The average molecular weight is 318 g/mol. The molecule has 0 aromatic carbocycles. The highest BCUT2D eigenvalue weighted by Gasteiger charge is 2.34. The number of fused-ring (bicyclic) bond motifs is 1. The van der Waals surface area contributed by atoms with Crippen molar-refractivity contribution in [3.05, 3.63) is 27.1 Å². The fourth-order valence-corrected chi connectivity index (χ4v) is 3.65. The van der Waals surface area contributed by atoms with Crippen molar-refractivity contribution in [2.24, 2.45) is 5.92 Å². The van der Waals surface area contributed by atoms with Gasteiger partial charge in [-0.25, -0.2) is 0 Å². The number of likely N-dealkylation sites (tertiary alicyclic amines) is 1.